The van der Waals surface area contributed by atoms with E-state index in [1.807, 2.05) is 13.2 Å². The van der Waals surface area contributed by atoms with Gasteiger partial charge in [0.1, 0.15) is 5.82 Å². The first kappa shape index (κ1) is 19.2. The molecule has 5 nitrogen and oxygen atoms in total. The van der Waals surface area contributed by atoms with Gasteiger partial charge in [-0.3, -0.25) is 4.99 Å². The average molecular weight is 366 g/mol. The van der Waals surface area contributed by atoms with Crippen LogP contribution in [0, 0.1) is 0 Å². The highest BCUT2D eigenvalue weighted by molar-refractivity contribution is 5.79. The summed E-state index contributed by atoms with van der Waals surface area (Å²) in [5.41, 5.74) is 3.92. The van der Waals surface area contributed by atoms with Gasteiger partial charge in [0, 0.05) is 39.4 Å². The van der Waals surface area contributed by atoms with Crippen molar-refractivity contribution in [3.05, 3.63) is 59.3 Å². The summed E-state index contributed by atoms with van der Waals surface area (Å²) in [6, 6.07) is 12.8. The Kier molecular flexibility index (Phi) is 7.08. The van der Waals surface area contributed by atoms with Gasteiger partial charge in [-0.2, -0.15) is 0 Å². The highest BCUT2D eigenvalue weighted by Gasteiger charge is 2.12. The average Bonchev–Trinajstić information content (AvgIpc) is 2.75. The summed E-state index contributed by atoms with van der Waals surface area (Å²) in [5.74, 6) is 1.91. The smallest absolute Gasteiger partial charge is 0.191 e. The van der Waals surface area contributed by atoms with Crippen molar-refractivity contribution in [2.24, 2.45) is 4.99 Å². The van der Waals surface area contributed by atoms with E-state index in [0.717, 1.165) is 44.4 Å². The number of benzene rings is 1. The molecule has 1 aliphatic heterocycles. The lowest BCUT2D eigenvalue weighted by atomic mass is 10.1. The molecule has 2 heterocycles. The standard InChI is InChI=1S/C22H31N5/c1-3-19-9-5-6-10-20(19)17-26-22(23-2)25-16-18-11-12-24-21(15-18)27-13-7-4-8-14-27/h5-6,9-12,15H,3-4,7-8,13-14,16-17H2,1-2H3,(H2,23,25,26). The molecule has 0 unspecified atom stereocenters. The minimum Gasteiger partial charge on any atom is -0.357 e. The molecule has 1 aromatic carbocycles. The molecule has 1 fully saturated rings. The number of hydrogen-bond acceptors (Lipinski definition) is 3. The molecule has 5 heteroatoms. The zero-order valence-corrected chi connectivity index (χ0v) is 16.5. The lowest BCUT2D eigenvalue weighted by Crippen LogP contribution is -2.36. The van der Waals surface area contributed by atoms with Crippen LogP contribution in [0.2, 0.25) is 0 Å². The predicted octanol–water partition coefficient (Wildman–Crippen LogP) is 3.50. The highest BCUT2D eigenvalue weighted by Crippen LogP contribution is 2.18. The van der Waals surface area contributed by atoms with E-state index in [1.165, 1.54) is 36.0 Å². The molecule has 0 spiro atoms. The number of anilines is 1. The summed E-state index contributed by atoms with van der Waals surface area (Å²) in [6.45, 7) is 5.93. The zero-order chi connectivity index (χ0) is 18.9. The number of aryl methyl sites for hydroxylation is 1. The quantitative estimate of drug-likeness (QED) is 0.608. The van der Waals surface area contributed by atoms with Crippen molar-refractivity contribution in [1.82, 2.24) is 15.6 Å². The Balaban J connectivity index is 1.55. The van der Waals surface area contributed by atoms with Gasteiger partial charge in [0.2, 0.25) is 0 Å². The van der Waals surface area contributed by atoms with E-state index in [1.54, 1.807) is 0 Å². The topological polar surface area (TPSA) is 52.6 Å². The maximum absolute atomic E-state index is 4.56. The van der Waals surface area contributed by atoms with Gasteiger partial charge in [0.15, 0.2) is 5.96 Å². The number of aromatic nitrogens is 1. The number of nitrogens with zero attached hydrogens (tertiary/aromatic N) is 3. The Hall–Kier alpha value is -2.56. The normalized spacial score (nSPS) is 14.9. The summed E-state index contributed by atoms with van der Waals surface area (Å²) in [7, 11) is 1.81. The van der Waals surface area contributed by atoms with E-state index < -0.39 is 0 Å². The van der Waals surface area contributed by atoms with Crippen LogP contribution in [-0.2, 0) is 19.5 Å². The molecule has 1 saturated heterocycles. The van der Waals surface area contributed by atoms with Crippen LogP contribution in [0.1, 0.15) is 42.9 Å². The van der Waals surface area contributed by atoms with Gasteiger partial charge in [0.05, 0.1) is 0 Å². The lowest BCUT2D eigenvalue weighted by Gasteiger charge is -2.28. The molecule has 0 saturated carbocycles. The monoisotopic (exact) mass is 365 g/mol. The number of aliphatic imine (C=N–C) groups is 1. The first-order chi connectivity index (χ1) is 13.3. The molecule has 1 aliphatic rings. The van der Waals surface area contributed by atoms with E-state index in [2.05, 4.69) is 68.8 Å². The predicted molar refractivity (Wildman–Crippen MR) is 113 cm³/mol. The maximum Gasteiger partial charge on any atom is 0.191 e. The molecule has 0 atom stereocenters. The summed E-state index contributed by atoms with van der Waals surface area (Å²) >= 11 is 0. The van der Waals surface area contributed by atoms with Crippen LogP contribution in [0.4, 0.5) is 5.82 Å². The Bertz CT molecular complexity index is 750. The number of piperidine rings is 1. The summed E-state index contributed by atoms with van der Waals surface area (Å²) in [5, 5.41) is 6.84. The second kappa shape index (κ2) is 9.95. The Morgan fingerprint density at radius 2 is 1.78 bits per heavy atom. The van der Waals surface area contributed by atoms with Crippen molar-refractivity contribution in [1.29, 1.82) is 0 Å². The van der Waals surface area contributed by atoms with E-state index in [0.29, 0.717) is 0 Å². The molecule has 2 aromatic rings. The van der Waals surface area contributed by atoms with Crippen LogP contribution in [-0.4, -0.2) is 31.1 Å². The number of guanidine groups is 1. The van der Waals surface area contributed by atoms with Crippen molar-refractivity contribution in [2.75, 3.05) is 25.0 Å². The number of nitrogens with one attached hydrogen (secondary N) is 2. The van der Waals surface area contributed by atoms with Crippen LogP contribution >= 0.6 is 0 Å². The minimum atomic E-state index is 0.735. The fourth-order valence-electron chi connectivity index (χ4n) is 3.53. The Morgan fingerprint density at radius 3 is 2.52 bits per heavy atom. The van der Waals surface area contributed by atoms with Crippen LogP contribution < -0.4 is 15.5 Å². The summed E-state index contributed by atoms with van der Waals surface area (Å²) < 4.78 is 0. The molecule has 0 radical (unpaired) electrons. The second-order valence-corrected chi connectivity index (χ2v) is 6.97. The number of rotatable bonds is 6. The fourth-order valence-corrected chi connectivity index (χ4v) is 3.53. The summed E-state index contributed by atoms with van der Waals surface area (Å²) in [4.78, 5) is 11.3. The first-order valence-corrected chi connectivity index (χ1v) is 10.0. The maximum atomic E-state index is 4.56. The SMILES string of the molecule is CCc1ccccc1CNC(=NC)NCc1ccnc(N2CCCCC2)c1. The largest absolute Gasteiger partial charge is 0.357 e. The lowest BCUT2D eigenvalue weighted by molar-refractivity contribution is 0.573. The molecular weight excluding hydrogens is 334 g/mol. The van der Waals surface area contributed by atoms with Gasteiger partial charge < -0.3 is 15.5 Å². The van der Waals surface area contributed by atoms with Gasteiger partial charge in [-0.05, 0) is 54.5 Å². The molecule has 1 aromatic heterocycles. The van der Waals surface area contributed by atoms with Gasteiger partial charge >= 0.3 is 0 Å². The van der Waals surface area contributed by atoms with Crippen molar-refractivity contribution in [3.63, 3.8) is 0 Å². The van der Waals surface area contributed by atoms with Crippen molar-refractivity contribution < 1.29 is 0 Å². The number of pyridine rings is 1. The molecule has 0 amide bonds. The van der Waals surface area contributed by atoms with Gasteiger partial charge in [-0.1, -0.05) is 31.2 Å². The number of hydrogen-bond donors (Lipinski definition) is 2. The van der Waals surface area contributed by atoms with Crippen LogP contribution in [0.25, 0.3) is 0 Å². The molecule has 27 heavy (non-hydrogen) atoms. The fraction of sp³-hybridized carbons (Fsp3) is 0.455. The highest BCUT2D eigenvalue weighted by atomic mass is 15.2. The van der Waals surface area contributed by atoms with Gasteiger partial charge in [-0.25, -0.2) is 4.98 Å². The van der Waals surface area contributed by atoms with E-state index in [9.17, 15) is 0 Å². The third-order valence-corrected chi connectivity index (χ3v) is 5.12. The molecule has 2 N–H and O–H groups in total. The van der Waals surface area contributed by atoms with Crippen molar-refractivity contribution in [2.45, 2.75) is 45.7 Å². The molecule has 3 rings (SSSR count). The van der Waals surface area contributed by atoms with Crippen LogP contribution in [0.15, 0.2) is 47.6 Å². The molecular formula is C22H31N5. The Labute approximate surface area is 162 Å². The van der Waals surface area contributed by atoms with Gasteiger partial charge in [0.25, 0.3) is 0 Å². The van der Waals surface area contributed by atoms with Crippen molar-refractivity contribution >= 4 is 11.8 Å². The third-order valence-electron chi connectivity index (χ3n) is 5.12. The first-order valence-electron chi connectivity index (χ1n) is 10.0. The minimum absolute atomic E-state index is 0.735. The van der Waals surface area contributed by atoms with Gasteiger partial charge in [-0.15, -0.1) is 0 Å². The van der Waals surface area contributed by atoms with Crippen LogP contribution in [0.3, 0.4) is 0 Å². The molecule has 0 bridgehead atoms. The zero-order valence-electron chi connectivity index (χ0n) is 16.5. The van der Waals surface area contributed by atoms with Crippen LogP contribution in [0.5, 0.6) is 0 Å². The van der Waals surface area contributed by atoms with Crippen molar-refractivity contribution in [3.8, 4) is 0 Å². The molecule has 0 aliphatic carbocycles. The summed E-state index contributed by atoms with van der Waals surface area (Å²) in [6.07, 6.45) is 6.82. The van der Waals surface area contributed by atoms with E-state index >= 15 is 0 Å². The third kappa shape index (κ3) is 5.46. The Morgan fingerprint density at radius 1 is 1.04 bits per heavy atom. The molecule has 144 valence electrons. The van der Waals surface area contributed by atoms with E-state index in [4.69, 9.17) is 0 Å². The second-order valence-electron chi connectivity index (χ2n) is 6.97. The van der Waals surface area contributed by atoms with E-state index in [-0.39, 0.29) is 0 Å².